The Hall–Kier alpha value is -0.630. The highest BCUT2D eigenvalue weighted by atomic mass is 79.9. The fourth-order valence-electron chi connectivity index (χ4n) is 1.44. The third-order valence-corrected chi connectivity index (χ3v) is 4.30. The summed E-state index contributed by atoms with van der Waals surface area (Å²) in [6, 6.07) is 5.87. The number of halogens is 2. The lowest BCUT2D eigenvalue weighted by Crippen LogP contribution is -2.16. The van der Waals surface area contributed by atoms with Gasteiger partial charge in [0, 0.05) is 21.8 Å². The van der Waals surface area contributed by atoms with Gasteiger partial charge in [0.15, 0.2) is 0 Å². The van der Waals surface area contributed by atoms with Crippen LogP contribution in [0.4, 0.5) is 0 Å². The van der Waals surface area contributed by atoms with Crippen molar-refractivity contribution in [3.8, 4) is 0 Å². The van der Waals surface area contributed by atoms with Crippen LogP contribution in [-0.4, -0.2) is 33.8 Å². The Balaban J connectivity index is 2.00. The molecule has 1 N–H and O–H groups in total. The Kier molecular flexibility index (Phi) is 5.62. The largest absolute Gasteiger partial charge is 0.318 e. The predicted octanol–water partition coefficient (Wildman–Crippen LogP) is 2.60. The molecule has 1 heterocycles. The first-order valence-electron chi connectivity index (χ1n) is 5.68. The van der Waals surface area contributed by atoms with Crippen molar-refractivity contribution in [1.82, 2.24) is 25.5 Å². The first-order chi connectivity index (χ1) is 9.20. The van der Waals surface area contributed by atoms with Crippen molar-refractivity contribution in [1.29, 1.82) is 0 Å². The second kappa shape index (κ2) is 7.23. The Labute approximate surface area is 129 Å². The molecule has 2 aromatic rings. The SMILES string of the molecule is CNCCn1nnnc1SCc1ccc(Br)cc1Cl. The molecule has 5 nitrogen and oxygen atoms in total. The van der Waals surface area contributed by atoms with Crippen LogP contribution < -0.4 is 5.32 Å². The molecule has 0 aliphatic carbocycles. The molecule has 0 amide bonds. The second-order valence-electron chi connectivity index (χ2n) is 3.81. The van der Waals surface area contributed by atoms with Gasteiger partial charge in [-0.3, -0.25) is 0 Å². The number of hydrogen-bond donors (Lipinski definition) is 1. The van der Waals surface area contributed by atoms with Crippen LogP contribution in [0, 0.1) is 0 Å². The summed E-state index contributed by atoms with van der Waals surface area (Å²) >= 11 is 11.1. The van der Waals surface area contributed by atoms with Crippen molar-refractivity contribution >= 4 is 39.3 Å². The van der Waals surface area contributed by atoms with E-state index in [2.05, 4.69) is 36.8 Å². The van der Waals surface area contributed by atoms with Crippen LogP contribution in [0.3, 0.4) is 0 Å². The van der Waals surface area contributed by atoms with Crippen LogP contribution in [0.1, 0.15) is 5.56 Å². The third-order valence-electron chi connectivity index (χ3n) is 2.44. The topological polar surface area (TPSA) is 55.6 Å². The number of tetrazole rings is 1. The molecular weight excluding hydrogens is 350 g/mol. The van der Waals surface area contributed by atoms with Gasteiger partial charge in [0.1, 0.15) is 0 Å². The average molecular weight is 363 g/mol. The van der Waals surface area contributed by atoms with E-state index in [4.69, 9.17) is 11.6 Å². The van der Waals surface area contributed by atoms with Crippen LogP contribution in [-0.2, 0) is 12.3 Å². The minimum absolute atomic E-state index is 0.742. The fourth-order valence-corrected chi connectivity index (χ4v) is 3.17. The van der Waals surface area contributed by atoms with Crippen LogP contribution in [0.5, 0.6) is 0 Å². The average Bonchev–Trinajstić information content (AvgIpc) is 2.83. The highest BCUT2D eigenvalue weighted by Crippen LogP contribution is 2.27. The van der Waals surface area contributed by atoms with Gasteiger partial charge < -0.3 is 5.32 Å². The highest BCUT2D eigenvalue weighted by molar-refractivity contribution is 9.10. The molecule has 0 aliphatic heterocycles. The number of hydrogen-bond acceptors (Lipinski definition) is 5. The number of benzene rings is 1. The molecule has 1 aromatic heterocycles. The number of nitrogens with one attached hydrogen (secondary N) is 1. The summed E-state index contributed by atoms with van der Waals surface area (Å²) in [5.74, 6) is 0.742. The molecule has 0 atom stereocenters. The van der Waals surface area contributed by atoms with Gasteiger partial charge in [0.25, 0.3) is 0 Å². The van der Waals surface area contributed by atoms with Crippen molar-refractivity contribution in [2.45, 2.75) is 17.5 Å². The Morgan fingerprint density at radius 2 is 2.32 bits per heavy atom. The first-order valence-corrected chi connectivity index (χ1v) is 7.84. The van der Waals surface area contributed by atoms with E-state index in [1.807, 2.05) is 25.2 Å². The minimum Gasteiger partial charge on any atom is -0.318 e. The molecule has 0 radical (unpaired) electrons. The summed E-state index contributed by atoms with van der Waals surface area (Å²) in [6.45, 7) is 1.58. The predicted molar refractivity (Wildman–Crippen MR) is 80.5 cm³/mol. The lowest BCUT2D eigenvalue weighted by Gasteiger charge is -2.05. The molecule has 8 heteroatoms. The molecule has 0 saturated carbocycles. The summed E-state index contributed by atoms with van der Waals surface area (Å²) in [4.78, 5) is 0. The molecule has 0 spiro atoms. The second-order valence-corrected chi connectivity index (χ2v) is 6.08. The van der Waals surface area contributed by atoms with Gasteiger partial charge >= 0.3 is 0 Å². The van der Waals surface area contributed by atoms with E-state index in [1.54, 1.807) is 16.4 Å². The van der Waals surface area contributed by atoms with E-state index >= 15 is 0 Å². The zero-order valence-corrected chi connectivity index (χ0v) is 13.5. The van der Waals surface area contributed by atoms with Crippen molar-refractivity contribution in [3.63, 3.8) is 0 Å². The lowest BCUT2D eigenvalue weighted by molar-refractivity contribution is 0.530. The van der Waals surface area contributed by atoms with E-state index in [-0.39, 0.29) is 0 Å². The van der Waals surface area contributed by atoms with Gasteiger partial charge in [-0.25, -0.2) is 4.68 Å². The van der Waals surface area contributed by atoms with Gasteiger partial charge in [0.05, 0.1) is 6.54 Å². The molecule has 0 unspecified atom stereocenters. The monoisotopic (exact) mass is 361 g/mol. The Bertz CT molecular complexity index is 548. The zero-order valence-electron chi connectivity index (χ0n) is 10.3. The van der Waals surface area contributed by atoms with Crippen molar-refractivity contribution in [2.75, 3.05) is 13.6 Å². The highest BCUT2D eigenvalue weighted by Gasteiger charge is 2.08. The minimum atomic E-state index is 0.742. The number of nitrogens with zero attached hydrogens (tertiary/aromatic N) is 4. The van der Waals surface area contributed by atoms with Crippen molar-refractivity contribution in [3.05, 3.63) is 33.3 Å². The van der Waals surface area contributed by atoms with E-state index < -0.39 is 0 Å². The van der Waals surface area contributed by atoms with Crippen molar-refractivity contribution in [2.24, 2.45) is 0 Å². The zero-order chi connectivity index (χ0) is 13.7. The van der Waals surface area contributed by atoms with E-state index in [0.29, 0.717) is 0 Å². The van der Waals surface area contributed by atoms with Crippen LogP contribution in [0.15, 0.2) is 27.8 Å². The van der Waals surface area contributed by atoms with E-state index in [9.17, 15) is 0 Å². The summed E-state index contributed by atoms with van der Waals surface area (Å²) in [5.41, 5.74) is 1.07. The molecular formula is C11H13BrClN5S. The van der Waals surface area contributed by atoms with Crippen LogP contribution in [0.25, 0.3) is 0 Å². The molecule has 102 valence electrons. The van der Waals surface area contributed by atoms with Gasteiger partial charge in [0.2, 0.25) is 5.16 Å². The van der Waals surface area contributed by atoms with Gasteiger partial charge in [-0.15, -0.1) is 5.10 Å². The molecule has 0 saturated heterocycles. The third kappa shape index (κ3) is 4.17. The maximum absolute atomic E-state index is 6.18. The Morgan fingerprint density at radius 3 is 3.05 bits per heavy atom. The number of likely N-dealkylation sites (N-methyl/N-ethyl adjacent to an activating group) is 1. The number of thioether (sulfide) groups is 1. The van der Waals surface area contributed by atoms with Crippen molar-refractivity contribution < 1.29 is 0 Å². The van der Waals surface area contributed by atoms with E-state index in [1.165, 1.54) is 0 Å². The molecule has 0 bridgehead atoms. The maximum atomic E-state index is 6.18. The molecule has 0 fully saturated rings. The molecule has 19 heavy (non-hydrogen) atoms. The summed E-state index contributed by atoms with van der Waals surface area (Å²) in [5, 5.41) is 16.3. The number of aromatic nitrogens is 4. The van der Waals surface area contributed by atoms with E-state index in [0.717, 1.165) is 39.1 Å². The standard InChI is InChI=1S/C11H13BrClN5S/c1-14-4-5-18-11(15-16-17-18)19-7-8-2-3-9(12)6-10(8)13/h2-3,6,14H,4-5,7H2,1H3. The fraction of sp³-hybridized carbons (Fsp3) is 0.364. The van der Waals surface area contributed by atoms with Gasteiger partial charge in [-0.05, 0) is 35.2 Å². The normalized spacial score (nSPS) is 10.9. The summed E-state index contributed by atoms with van der Waals surface area (Å²) < 4.78 is 2.76. The quantitative estimate of drug-likeness (QED) is 0.801. The lowest BCUT2D eigenvalue weighted by atomic mass is 10.2. The van der Waals surface area contributed by atoms with Crippen LogP contribution in [0.2, 0.25) is 5.02 Å². The maximum Gasteiger partial charge on any atom is 0.209 e. The molecule has 1 aromatic carbocycles. The summed E-state index contributed by atoms with van der Waals surface area (Å²) in [6.07, 6.45) is 0. The molecule has 2 rings (SSSR count). The number of rotatable bonds is 6. The van der Waals surface area contributed by atoms with Crippen LogP contribution >= 0.6 is 39.3 Å². The van der Waals surface area contributed by atoms with Gasteiger partial charge in [-0.2, -0.15) is 0 Å². The Morgan fingerprint density at radius 1 is 1.47 bits per heavy atom. The summed E-state index contributed by atoms with van der Waals surface area (Å²) in [7, 11) is 1.90. The van der Waals surface area contributed by atoms with Gasteiger partial charge in [-0.1, -0.05) is 45.4 Å². The smallest absolute Gasteiger partial charge is 0.209 e. The first kappa shape index (κ1) is 14.8. The molecule has 0 aliphatic rings.